The fourth-order valence-electron chi connectivity index (χ4n) is 3.57. The summed E-state index contributed by atoms with van der Waals surface area (Å²) >= 11 is 0. The first-order valence-corrected chi connectivity index (χ1v) is 11.0. The number of hydrogen-bond acceptors (Lipinski definition) is 8. The predicted molar refractivity (Wildman–Crippen MR) is 111 cm³/mol. The first-order valence-electron chi connectivity index (χ1n) is 9.54. The molecule has 1 aromatic carbocycles. The van der Waals surface area contributed by atoms with Crippen LogP contribution in [0.2, 0.25) is 0 Å². The van der Waals surface area contributed by atoms with E-state index in [1.165, 1.54) is 17.7 Å². The molecule has 11 heteroatoms. The number of aryl methyl sites for hydroxylation is 2. The maximum Gasteiger partial charge on any atom is 0.248 e. The number of halogens is 1. The monoisotopic (exact) mass is 447 g/mol. The Kier molecular flexibility index (Phi) is 5.40. The van der Waals surface area contributed by atoms with Gasteiger partial charge in [0.25, 0.3) is 0 Å². The molecule has 2 aromatic heterocycles. The van der Waals surface area contributed by atoms with Gasteiger partial charge in [-0.05, 0) is 38.1 Å². The van der Waals surface area contributed by atoms with Gasteiger partial charge in [-0.3, -0.25) is 0 Å². The first-order chi connectivity index (χ1) is 14.7. The van der Waals surface area contributed by atoms with Gasteiger partial charge in [0.05, 0.1) is 13.2 Å². The second-order valence-electron chi connectivity index (χ2n) is 7.32. The van der Waals surface area contributed by atoms with Crippen molar-refractivity contribution in [2.45, 2.75) is 24.8 Å². The molecule has 9 nitrogen and oxygen atoms in total. The van der Waals surface area contributed by atoms with E-state index in [2.05, 4.69) is 15.1 Å². The molecule has 0 aliphatic carbocycles. The molecule has 0 saturated carbocycles. The van der Waals surface area contributed by atoms with Crippen LogP contribution in [0.5, 0.6) is 5.75 Å². The lowest BCUT2D eigenvalue weighted by molar-refractivity contribution is 0.306. The third-order valence-electron chi connectivity index (χ3n) is 5.42. The van der Waals surface area contributed by atoms with Crippen LogP contribution in [0.25, 0.3) is 11.3 Å². The van der Waals surface area contributed by atoms with Gasteiger partial charge in [-0.15, -0.1) is 0 Å². The van der Waals surface area contributed by atoms with Gasteiger partial charge in [-0.1, -0.05) is 5.16 Å². The van der Waals surface area contributed by atoms with Crippen LogP contribution in [-0.4, -0.2) is 61.1 Å². The molecule has 0 amide bonds. The second-order valence-corrected chi connectivity index (χ2v) is 9.26. The molecule has 1 saturated heterocycles. The van der Waals surface area contributed by atoms with Gasteiger partial charge >= 0.3 is 0 Å². The van der Waals surface area contributed by atoms with Crippen LogP contribution in [-0.2, 0) is 10.0 Å². The molecule has 164 valence electrons. The highest BCUT2D eigenvalue weighted by Gasteiger charge is 2.40. The number of nitrogens with zero attached hydrogens (tertiary/aromatic N) is 5. The molecule has 0 bridgehead atoms. The molecular weight excluding hydrogens is 425 g/mol. The largest absolute Gasteiger partial charge is 0.497 e. The van der Waals surface area contributed by atoms with Crippen LogP contribution in [0, 0.1) is 19.7 Å². The number of likely N-dealkylation sites (N-methyl/N-ethyl adjacent to an activating group) is 1. The molecule has 1 aliphatic rings. The van der Waals surface area contributed by atoms with Crippen molar-refractivity contribution < 1.29 is 22.1 Å². The summed E-state index contributed by atoms with van der Waals surface area (Å²) in [5.41, 5.74) is 1.08. The molecular formula is C20H22FN5O4S. The molecule has 31 heavy (non-hydrogen) atoms. The number of sulfonamides is 1. The quantitative estimate of drug-likeness (QED) is 0.568. The van der Waals surface area contributed by atoms with Crippen LogP contribution in [0.4, 0.5) is 10.2 Å². The minimum absolute atomic E-state index is 0.0726. The van der Waals surface area contributed by atoms with Crippen LogP contribution in [0.3, 0.4) is 0 Å². The van der Waals surface area contributed by atoms with Gasteiger partial charge in [0.15, 0.2) is 17.4 Å². The zero-order valence-corrected chi connectivity index (χ0v) is 18.4. The Labute approximate surface area is 179 Å². The van der Waals surface area contributed by atoms with E-state index in [4.69, 9.17) is 9.26 Å². The topological polar surface area (TPSA) is 102 Å². The number of aromatic nitrogens is 3. The van der Waals surface area contributed by atoms with Gasteiger partial charge in [0.2, 0.25) is 10.0 Å². The summed E-state index contributed by atoms with van der Waals surface area (Å²) in [6.07, 6.45) is 1.30. The van der Waals surface area contributed by atoms with Crippen LogP contribution < -0.4 is 9.64 Å². The molecule has 0 radical (unpaired) electrons. The highest BCUT2D eigenvalue weighted by atomic mass is 32.2. The highest BCUT2D eigenvalue weighted by molar-refractivity contribution is 7.89. The molecule has 0 N–H and O–H groups in total. The number of methoxy groups -OCH3 is 1. The minimum Gasteiger partial charge on any atom is -0.497 e. The van der Waals surface area contributed by atoms with Crippen molar-refractivity contribution in [1.82, 2.24) is 19.4 Å². The van der Waals surface area contributed by atoms with E-state index >= 15 is 4.39 Å². The standard InChI is InChI=1S/C20H22FN5O4S/c1-12-19(13(2)30-24-12)31(27,28)25(3)15-9-26(10-15)20-17(21)18(22-11-23-20)14-5-7-16(29-4)8-6-14/h5-8,11,15H,9-10H2,1-4H3. The Morgan fingerprint density at radius 3 is 2.45 bits per heavy atom. The fraction of sp³-hybridized carbons (Fsp3) is 0.350. The third kappa shape index (κ3) is 3.63. The Morgan fingerprint density at radius 1 is 1.19 bits per heavy atom. The molecule has 3 aromatic rings. The van der Waals surface area contributed by atoms with Crippen LogP contribution >= 0.6 is 0 Å². The summed E-state index contributed by atoms with van der Waals surface area (Å²) in [6, 6.07) is 6.56. The van der Waals surface area contributed by atoms with Crippen LogP contribution in [0.15, 0.2) is 40.0 Å². The summed E-state index contributed by atoms with van der Waals surface area (Å²) in [5.74, 6) is 0.487. The van der Waals surface area contributed by atoms with Crippen LogP contribution in [0.1, 0.15) is 11.5 Å². The van der Waals surface area contributed by atoms with Crippen molar-refractivity contribution in [3.05, 3.63) is 47.9 Å². The van der Waals surface area contributed by atoms with E-state index in [1.54, 1.807) is 50.1 Å². The van der Waals surface area contributed by atoms with Gasteiger partial charge in [-0.2, -0.15) is 4.31 Å². The summed E-state index contributed by atoms with van der Waals surface area (Å²) in [7, 11) is -0.719. The van der Waals surface area contributed by atoms with Crippen molar-refractivity contribution in [3.8, 4) is 17.0 Å². The van der Waals surface area contributed by atoms with Gasteiger partial charge in [0, 0.05) is 25.7 Å². The van der Waals surface area contributed by atoms with Crippen molar-refractivity contribution in [1.29, 1.82) is 0 Å². The van der Waals surface area contributed by atoms with E-state index in [0.717, 1.165) is 0 Å². The Morgan fingerprint density at radius 2 is 1.87 bits per heavy atom. The number of hydrogen-bond donors (Lipinski definition) is 0. The molecule has 1 fully saturated rings. The Balaban J connectivity index is 1.52. The van der Waals surface area contributed by atoms with Gasteiger partial charge in [0.1, 0.15) is 28.4 Å². The van der Waals surface area contributed by atoms with Crippen molar-refractivity contribution in [3.63, 3.8) is 0 Å². The smallest absolute Gasteiger partial charge is 0.248 e. The minimum atomic E-state index is -3.78. The molecule has 4 rings (SSSR count). The summed E-state index contributed by atoms with van der Waals surface area (Å²) in [4.78, 5) is 9.91. The maximum atomic E-state index is 15.2. The number of anilines is 1. The second kappa shape index (κ2) is 7.89. The molecule has 0 atom stereocenters. The maximum absolute atomic E-state index is 15.2. The lowest BCUT2D eigenvalue weighted by Gasteiger charge is -2.43. The van der Waals surface area contributed by atoms with E-state index in [9.17, 15) is 8.42 Å². The molecule has 1 aliphatic heterocycles. The molecule has 3 heterocycles. The van der Waals surface area contributed by atoms with E-state index in [-0.39, 0.29) is 28.2 Å². The average molecular weight is 447 g/mol. The zero-order valence-electron chi connectivity index (χ0n) is 17.5. The molecule has 0 spiro atoms. The normalized spacial score (nSPS) is 14.7. The highest BCUT2D eigenvalue weighted by Crippen LogP contribution is 2.32. The predicted octanol–water partition coefficient (Wildman–Crippen LogP) is 2.41. The summed E-state index contributed by atoms with van der Waals surface area (Å²) in [5, 5.41) is 3.73. The SMILES string of the molecule is COc1ccc(-c2ncnc(N3CC(N(C)S(=O)(=O)c4c(C)noc4C)C3)c2F)cc1. The number of ether oxygens (including phenoxy) is 1. The van der Waals surface area contributed by atoms with Crippen molar-refractivity contribution >= 4 is 15.8 Å². The van der Waals surface area contributed by atoms with Crippen molar-refractivity contribution in [2.75, 3.05) is 32.1 Å². The summed E-state index contributed by atoms with van der Waals surface area (Å²) in [6.45, 7) is 3.75. The van der Waals surface area contributed by atoms with E-state index in [0.29, 0.717) is 30.1 Å². The lowest BCUT2D eigenvalue weighted by Crippen LogP contribution is -2.60. The third-order valence-corrected chi connectivity index (χ3v) is 7.57. The number of rotatable bonds is 6. The average Bonchev–Trinajstić information content (AvgIpc) is 3.07. The Bertz CT molecular complexity index is 1190. The number of benzene rings is 1. The molecule has 0 unspecified atom stereocenters. The zero-order chi connectivity index (χ0) is 22.3. The first kappa shape index (κ1) is 21.2. The van der Waals surface area contributed by atoms with Crippen molar-refractivity contribution in [2.24, 2.45) is 0 Å². The van der Waals surface area contributed by atoms with Gasteiger partial charge in [-0.25, -0.2) is 22.8 Å². The Hall–Kier alpha value is -3.05. The van der Waals surface area contributed by atoms with E-state index < -0.39 is 15.8 Å². The lowest BCUT2D eigenvalue weighted by atomic mass is 10.1. The van der Waals surface area contributed by atoms with E-state index in [1.807, 2.05) is 0 Å². The summed E-state index contributed by atoms with van der Waals surface area (Å²) < 4.78 is 52.5. The fourth-order valence-corrected chi connectivity index (χ4v) is 5.20. The van der Waals surface area contributed by atoms with Gasteiger partial charge < -0.3 is 14.2 Å².